The summed E-state index contributed by atoms with van der Waals surface area (Å²) >= 11 is 9.00. The third-order valence-corrected chi connectivity index (χ3v) is 27.2. The zero-order valence-corrected chi connectivity index (χ0v) is 98.1. The maximum atomic E-state index is 12.8. The van der Waals surface area contributed by atoms with Gasteiger partial charge in [0.2, 0.25) is 6.04 Å². The van der Waals surface area contributed by atoms with E-state index in [1.807, 2.05) is 111 Å². The molecule has 3 heterocycles. The molecule has 0 bridgehead atoms. The Bertz CT molecular complexity index is 3760. The Morgan fingerprint density at radius 1 is 0.573 bits per heavy atom. The van der Waals surface area contributed by atoms with Crippen LogP contribution in [0, 0.1) is 35.6 Å². The van der Waals surface area contributed by atoms with Crippen LogP contribution < -0.4 is 51.1 Å². The molecule has 0 saturated carbocycles. The number of phenolic OH excluding ortho intramolecular Hbond substituents is 2. The number of ketones is 1. The second-order valence-electron chi connectivity index (χ2n) is 32.5. The minimum Gasteiger partial charge on any atom is 0 e. The first-order chi connectivity index (χ1) is 57.9. The smallest absolute Gasteiger partial charge is 0 e. The fourth-order valence-electron chi connectivity index (χ4n) is 9.71. The van der Waals surface area contributed by atoms with E-state index in [1.54, 1.807) is 116 Å². The third kappa shape index (κ3) is 43.1. The van der Waals surface area contributed by atoms with E-state index in [2.05, 4.69) is 64.9 Å². The van der Waals surface area contributed by atoms with E-state index in [9.17, 15) is 76.3 Å². The molecule has 0 spiro atoms. The van der Waals surface area contributed by atoms with Crippen molar-refractivity contribution in [3.8, 4) is 17.2 Å². The molecule has 0 radical (unpaired) electrons. The first kappa shape index (κ1) is 147. The Hall–Kier alpha value is -4.03. The van der Waals surface area contributed by atoms with Gasteiger partial charge >= 0.3 is 82.2 Å². The number of nitro groups is 3. The van der Waals surface area contributed by atoms with Gasteiger partial charge in [-0.3, -0.25) is 55.1 Å². The van der Waals surface area contributed by atoms with Crippen molar-refractivity contribution >= 4 is 111 Å². The van der Waals surface area contributed by atoms with E-state index >= 15 is 0 Å². The van der Waals surface area contributed by atoms with Crippen LogP contribution in [0.1, 0.15) is 242 Å². The number of nitrogens with zero attached hydrogens (tertiary/aromatic N) is 10. The van der Waals surface area contributed by atoms with Gasteiger partial charge in [0.25, 0.3) is 11.1 Å². The van der Waals surface area contributed by atoms with Gasteiger partial charge in [0, 0.05) is 162 Å². The zero-order valence-electron chi connectivity index (χ0n) is 82.5. The summed E-state index contributed by atoms with van der Waals surface area (Å²) in [7, 11) is -5.07. The van der Waals surface area contributed by atoms with E-state index in [4.69, 9.17) is 68.1 Å². The Balaban J connectivity index is -0.000000161. The molecule has 3 aromatic carbocycles. The van der Waals surface area contributed by atoms with Gasteiger partial charge in [-0.05, 0) is 262 Å². The number of hydrogen-bond donors (Lipinski definition) is 13. The molecule has 42 nitrogen and oxygen atoms in total. The topological polar surface area (TPSA) is 599 Å². The molecule has 16 N–H and O–H groups in total. The summed E-state index contributed by atoms with van der Waals surface area (Å²) in [6.07, 6.45) is 6.07. The van der Waals surface area contributed by atoms with Crippen molar-refractivity contribution in [2.75, 3.05) is 66.4 Å². The Labute approximate surface area is 849 Å². The number of nitrogens with one attached hydrogen (secondary N) is 2. The summed E-state index contributed by atoms with van der Waals surface area (Å²) in [5.74, 6) is 1.22. The van der Waals surface area contributed by atoms with Crippen LogP contribution in [0.4, 0.5) is 0 Å². The van der Waals surface area contributed by atoms with Crippen molar-refractivity contribution in [2.24, 2.45) is 0 Å². The number of halogens is 4. The van der Waals surface area contributed by atoms with Crippen molar-refractivity contribution in [1.29, 1.82) is 0 Å². The maximum absolute atomic E-state index is 12.8. The number of benzene rings is 3. The van der Waals surface area contributed by atoms with E-state index in [1.165, 1.54) is 83.7 Å². The first-order valence-electron chi connectivity index (χ1n) is 40.2. The van der Waals surface area contributed by atoms with Gasteiger partial charge in [0.15, 0.2) is 17.1 Å². The van der Waals surface area contributed by atoms with Crippen LogP contribution in [0.15, 0.2) is 108 Å². The van der Waals surface area contributed by atoms with Gasteiger partial charge < -0.3 is 88.9 Å². The fraction of sp³-hybridized carbons (Fsp3) is 0.662. The average molecular weight is 2340 g/mol. The van der Waals surface area contributed by atoms with E-state index in [0.717, 1.165) is 49.0 Å². The number of rotatable bonds is 27. The van der Waals surface area contributed by atoms with Crippen LogP contribution in [0.2, 0.25) is 0 Å². The van der Waals surface area contributed by atoms with Crippen LogP contribution in [0.3, 0.4) is 0 Å². The second kappa shape index (κ2) is 68.1. The number of phenols is 2. The normalized spacial score (nSPS) is 15.8. The van der Waals surface area contributed by atoms with Crippen LogP contribution in [-0.2, 0) is 56.2 Å². The van der Waals surface area contributed by atoms with Crippen LogP contribution >= 0.6 is 51.7 Å². The number of aliphatic hydroxyl groups is 1. The Kier molecular flexibility index (Phi) is 76.5. The molecule has 2 fully saturated rings. The number of aromatic hydroxyl groups is 2. The third-order valence-electron chi connectivity index (χ3n) is 21.9. The van der Waals surface area contributed by atoms with Crippen LogP contribution in [-0.4, -0.2) is 294 Å². The molecule has 51 heteroatoms. The molecule has 3 aromatic rings. The quantitative estimate of drug-likeness (QED) is 0.00641. The molecule has 0 aromatic heterocycles. The molecule has 2 saturated heterocycles. The van der Waals surface area contributed by atoms with E-state index in [-0.39, 0.29) is 107 Å². The van der Waals surface area contributed by atoms with Crippen molar-refractivity contribution in [1.82, 2.24) is 47.3 Å². The zero-order chi connectivity index (χ0) is 100. The summed E-state index contributed by atoms with van der Waals surface area (Å²) < 4.78 is 56.6. The molecular formula is C80H150Br2Cl2N13NaO29PbSi2Zn. The average Bonchev–Trinajstić information content (AvgIpc) is 1.59. The summed E-state index contributed by atoms with van der Waals surface area (Å²) in [6, 6.07) is 18.9. The number of aliphatic hydroxyl groups excluding tert-OH is 1. The minimum absolute atomic E-state index is 0. The van der Waals surface area contributed by atoms with Crippen molar-refractivity contribution in [2.45, 2.75) is 282 Å². The first-order valence-corrected chi connectivity index (χ1v) is 51.5. The molecule has 7 rings (SSSR count). The Morgan fingerprint density at radius 3 is 1.11 bits per heavy atom. The molecule has 0 amide bonds. The largest absolute Gasteiger partial charge is 0 e. The summed E-state index contributed by atoms with van der Waals surface area (Å²) in [5, 5.41) is 143. The number of amidine groups is 1. The molecule has 4 aliphatic rings. The summed E-state index contributed by atoms with van der Waals surface area (Å²) in [6.45, 7) is 61.3. The number of aldehydes is 1. The molecule has 0 atom stereocenters. The van der Waals surface area contributed by atoms with Gasteiger partial charge in [-0.2, -0.15) is 21.1 Å². The predicted molar refractivity (Wildman–Crippen MR) is 502 cm³/mol. The Morgan fingerprint density at radius 2 is 0.870 bits per heavy atom. The number of carbonyl (C=O) groups excluding carboxylic acids is 2. The molecular weight excluding hydrogens is 2190 g/mol. The number of allylic oxidation sites excluding steroid dienone is 5. The SMILES string of the molecule is BrBr.CC(C)(NO)C(C)(C)NO.CC(C)([N+](=O)[O-])C(C)(C)[N+](=O)[O-].CC(C)[N+](=O)[O-].CC1(C)N(O)C(=C2C=CC(=O)C=C2)N(O)C1(C)C.CC1(C)N(O)C(c2ccc(O)cc2)N(O)C1(C)C.CCN(CC)CC.CCO[Si](Cl)(OCC)OCC.CCO[Si](OCC)(OCC)Oc1ccc(C2=[N+]([O-])C(C)(C)C(C)(C)N2O)cc1.CO.Cl.N.O=Cc1ccc(O)cc1.[Na+].[OH-].[O]=[Pb]=[O].[Zn]. The van der Waals surface area contributed by atoms with Gasteiger partial charge in [-0.1, -0.05) is 44.0 Å². The molecule has 131 heavy (non-hydrogen) atoms. The van der Waals surface area contributed by atoms with E-state index < -0.39 is 119 Å². The van der Waals surface area contributed by atoms with Crippen LogP contribution in [0.5, 0.6) is 17.2 Å². The monoisotopic (exact) mass is 2340 g/mol. The number of hydroxylamine groups is 13. The number of hydrogen-bond acceptors (Lipinski definition) is 38. The van der Waals surface area contributed by atoms with Crippen molar-refractivity contribution in [3.05, 3.63) is 161 Å². The summed E-state index contributed by atoms with van der Waals surface area (Å²) in [4.78, 5) is 52.4. The molecule has 1 aliphatic carbocycles. The van der Waals surface area contributed by atoms with E-state index in [0.29, 0.717) is 62.1 Å². The van der Waals surface area contributed by atoms with Gasteiger partial charge in [0.1, 0.15) is 35.2 Å². The standard InChI is InChI=1S/C19H32N2O6Si.C13H20N2O3.C13H18N2O3.C7H6O2.C6H15ClO3Si.C6H12N2O4.C6H16N2O2.C6H15N.C3H7NO2.CH4O.Br2.ClH.H3N.Na.H2O.2O.Pb.Zn/c1-8-24-28(25-9-2,26-10-3)27-16-13-11-15(12-14-16)17-20(22)18(4,5)19(6,7)21(17)23;2*1-12(2)13(3,4)15(18)11(14(12)17)9-5-7-10(16)8-6-9;8-5-6-1-3-7(9)4-2-6;1-4-8-11(7,9-5-2)10-6-3;1-5(2,7(9)10)6(3,4)8(11)12;1-5(2,7-9)6(3,4)8-10;1-4-7(5-2)6-3;1-3(2)4(5)6;2*1-2;;;;;;;;/h11-14,22H,8-10H2,1-7H3;5-8,11,16-18H,1-4H3;5-8,17-18H,1-4H3;1-5,9H;4-6H2,1-3H3;1-4H3;7-10H,1-4H3;4-6H2,1-3H3;3H,1-2H3;2H,1H3;;1H;1H3;;1H2;;;;/q;;;;;;;;;;;;;+1;;;;;/p-1. The molecule has 752 valence electrons. The number of carbonyl (C=O) groups is 2. The molecule has 0 unspecified atom stereocenters. The van der Waals surface area contributed by atoms with Gasteiger partial charge in [0.05, 0.1) is 38.8 Å². The second-order valence-corrected chi connectivity index (χ2v) is 38.4. The van der Waals surface area contributed by atoms with Gasteiger partial charge in [-0.15, -0.1) is 17.5 Å². The fourth-order valence-corrected chi connectivity index (χ4v) is 13.9. The summed E-state index contributed by atoms with van der Waals surface area (Å²) in [5.41, 5.74) is -1.64. The maximum Gasteiger partial charge on any atom is 0 e. The van der Waals surface area contributed by atoms with Gasteiger partial charge in [-0.25, -0.2) is 15.3 Å². The minimum atomic E-state index is -3.30. The van der Waals surface area contributed by atoms with Crippen LogP contribution in [0.25, 0.3) is 0 Å². The molecule has 3 aliphatic heterocycles. The van der Waals surface area contributed by atoms with Crippen molar-refractivity contribution < 1.29 is 172 Å². The van der Waals surface area contributed by atoms with Crippen molar-refractivity contribution in [3.63, 3.8) is 0 Å². The predicted octanol–water partition coefficient (Wildman–Crippen LogP) is 12.0.